The van der Waals surface area contributed by atoms with Crippen LogP contribution in [0.2, 0.25) is 5.02 Å². The first-order valence-electron chi connectivity index (χ1n) is 10.4. The second-order valence-corrected chi connectivity index (χ2v) is 9.35. The van der Waals surface area contributed by atoms with Crippen molar-refractivity contribution in [1.82, 2.24) is 24.7 Å². The maximum absolute atomic E-state index is 13.1. The predicted octanol–water partition coefficient (Wildman–Crippen LogP) is 2.02. The van der Waals surface area contributed by atoms with Crippen molar-refractivity contribution in [2.24, 2.45) is 4.99 Å². The molecule has 0 aromatic carbocycles. The number of pyridine rings is 1. The Balaban J connectivity index is 1.49. The number of nitrogens with one attached hydrogen (secondary N) is 1. The Morgan fingerprint density at radius 1 is 1.32 bits per heavy atom. The maximum atomic E-state index is 13.1. The lowest BCUT2D eigenvalue weighted by atomic mass is 10.1. The van der Waals surface area contributed by atoms with Gasteiger partial charge in [-0.05, 0) is 26.8 Å². The third kappa shape index (κ3) is 4.26. The molecule has 0 aliphatic carbocycles. The van der Waals surface area contributed by atoms with Crippen LogP contribution in [0.4, 0.5) is 10.6 Å². The van der Waals surface area contributed by atoms with E-state index in [0.717, 1.165) is 10.5 Å². The van der Waals surface area contributed by atoms with Gasteiger partial charge in [0, 0.05) is 24.2 Å². The molecule has 3 atom stereocenters. The molecule has 4 heterocycles. The van der Waals surface area contributed by atoms with E-state index >= 15 is 0 Å². The minimum Gasteiger partial charge on any atom is -0.335 e. The quantitative estimate of drug-likeness (QED) is 0.638. The van der Waals surface area contributed by atoms with E-state index < -0.39 is 36.1 Å². The highest BCUT2D eigenvalue weighted by atomic mass is 35.5. The van der Waals surface area contributed by atoms with E-state index in [1.54, 1.807) is 31.5 Å². The number of nitrogens with zero attached hydrogens (tertiary/aromatic N) is 6. The number of fused-ring (bicyclic) bond motifs is 1. The lowest BCUT2D eigenvalue weighted by molar-refractivity contribution is -0.141. The Hall–Kier alpha value is -3.38. The number of imide groups is 1. The molecule has 4 amide bonds. The Morgan fingerprint density at radius 2 is 2.06 bits per heavy atom. The van der Waals surface area contributed by atoms with Crippen molar-refractivity contribution in [2.45, 2.75) is 39.0 Å². The molecule has 2 aromatic heterocycles. The minimum atomic E-state index is -0.908. The van der Waals surface area contributed by atoms with Gasteiger partial charge in [-0.3, -0.25) is 24.3 Å². The summed E-state index contributed by atoms with van der Waals surface area (Å²) in [6, 6.07) is -0.547. The molecule has 4 rings (SSSR count). The third-order valence-corrected chi connectivity index (χ3v) is 6.91. The van der Waals surface area contributed by atoms with Crippen LogP contribution >= 0.6 is 22.9 Å². The number of thiazole rings is 1. The number of hydrogen-bond acceptors (Lipinski definition) is 9. The lowest BCUT2D eigenvalue weighted by Gasteiger charge is -2.41. The van der Waals surface area contributed by atoms with Crippen molar-refractivity contribution in [2.75, 3.05) is 18.9 Å². The molecule has 13 heteroatoms. The van der Waals surface area contributed by atoms with Crippen LogP contribution in [-0.2, 0) is 14.4 Å². The van der Waals surface area contributed by atoms with Crippen LogP contribution in [-0.4, -0.2) is 86.5 Å². The zero-order chi connectivity index (χ0) is 24.7. The number of rotatable bonds is 6. The molecule has 1 fully saturated rings. The molecule has 1 saturated heterocycles. The van der Waals surface area contributed by atoms with E-state index in [0.29, 0.717) is 21.5 Å². The number of ketones is 1. The summed E-state index contributed by atoms with van der Waals surface area (Å²) in [4.78, 5) is 66.7. The number of anilines is 1. The number of carbonyl (C=O) groups excluding carboxylic acids is 4. The van der Waals surface area contributed by atoms with Gasteiger partial charge in [0.25, 0.3) is 5.91 Å². The van der Waals surface area contributed by atoms with Gasteiger partial charge in [-0.2, -0.15) is 0 Å². The average Bonchev–Trinajstić information content (AvgIpc) is 3.44. The number of Topliss-reactive ketones (excluding diaryl/α,β-unsaturated/α-hetero) is 1. The Labute approximate surface area is 204 Å². The van der Waals surface area contributed by atoms with Crippen LogP contribution < -0.4 is 5.32 Å². The van der Waals surface area contributed by atoms with E-state index in [9.17, 15) is 19.2 Å². The van der Waals surface area contributed by atoms with Crippen LogP contribution in [0.15, 0.2) is 22.6 Å². The number of amides is 4. The third-order valence-electron chi connectivity index (χ3n) is 5.64. The van der Waals surface area contributed by atoms with Gasteiger partial charge in [0.1, 0.15) is 22.7 Å². The van der Waals surface area contributed by atoms with Crippen molar-refractivity contribution >= 4 is 58.7 Å². The van der Waals surface area contributed by atoms with Gasteiger partial charge in [-0.1, -0.05) is 11.6 Å². The molecule has 0 saturated carbocycles. The molecule has 11 nitrogen and oxygen atoms in total. The monoisotopic (exact) mass is 503 g/mol. The van der Waals surface area contributed by atoms with Crippen LogP contribution in [0.25, 0.3) is 10.6 Å². The fourth-order valence-corrected chi connectivity index (χ4v) is 4.64. The first kappa shape index (κ1) is 23.8. The highest BCUT2D eigenvalue weighted by molar-refractivity contribution is 7.13. The molecule has 2 aromatic rings. The number of aryl methyl sites for hydroxylation is 1. The maximum Gasteiger partial charge on any atom is 0.328 e. The molecule has 34 heavy (non-hydrogen) atoms. The van der Waals surface area contributed by atoms with E-state index in [2.05, 4.69) is 20.3 Å². The zero-order valence-corrected chi connectivity index (χ0v) is 20.4. The highest BCUT2D eigenvalue weighted by Gasteiger charge is 2.51. The van der Waals surface area contributed by atoms with Gasteiger partial charge in [0.05, 0.1) is 23.6 Å². The molecule has 1 N–H and O–H groups in total. The van der Waals surface area contributed by atoms with Crippen molar-refractivity contribution in [1.29, 1.82) is 0 Å². The lowest BCUT2D eigenvalue weighted by Crippen LogP contribution is -2.66. The highest BCUT2D eigenvalue weighted by Crippen LogP contribution is 2.30. The van der Waals surface area contributed by atoms with Crippen LogP contribution in [0.1, 0.15) is 19.5 Å². The Morgan fingerprint density at radius 3 is 2.74 bits per heavy atom. The standard InChI is InChI=1S/C21H22ClN7O4S/c1-10(30)7-28-20(32)16-17(27(4)21(28)33)24-9-29(16)12(3)18(31)25-15-8-34-19(26-15)13-5-14(22)11(2)23-6-13/h5-6,8-9,12,16-17H,7H2,1-4H3,(H,25,31)/t12-,16?,17?/m0/s1. The number of urea groups is 1. The Kier molecular flexibility index (Phi) is 6.36. The number of carbonyl (C=O) groups is 4. The number of aliphatic imine (C=N–C) groups is 1. The molecular formula is C21H22ClN7O4S. The van der Waals surface area contributed by atoms with Gasteiger partial charge in [-0.15, -0.1) is 11.3 Å². The summed E-state index contributed by atoms with van der Waals surface area (Å²) in [5.41, 5.74) is 1.44. The summed E-state index contributed by atoms with van der Waals surface area (Å²) < 4.78 is 0. The van der Waals surface area contributed by atoms with Crippen molar-refractivity contribution in [3.05, 3.63) is 28.4 Å². The minimum absolute atomic E-state index is 0.325. The number of halogens is 1. The summed E-state index contributed by atoms with van der Waals surface area (Å²) in [5.74, 6) is -0.953. The smallest absolute Gasteiger partial charge is 0.328 e. The summed E-state index contributed by atoms with van der Waals surface area (Å²) in [7, 11) is 1.51. The SMILES string of the molecule is CC(=O)CN1C(=O)C2C(N=CN2[C@@H](C)C(=O)Nc2csc(-c3cnc(C)c(Cl)c3)n2)N(C)C1=O. The molecule has 2 unspecified atom stereocenters. The largest absolute Gasteiger partial charge is 0.335 e. The molecular weight excluding hydrogens is 482 g/mol. The second-order valence-electron chi connectivity index (χ2n) is 8.08. The normalized spacial score (nSPS) is 20.6. The van der Waals surface area contributed by atoms with E-state index in [4.69, 9.17) is 11.6 Å². The van der Waals surface area contributed by atoms with Crippen LogP contribution in [0.5, 0.6) is 0 Å². The molecule has 2 aliphatic heterocycles. The molecule has 0 radical (unpaired) electrons. The number of hydrogen-bond donors (Lipinski definition) is 1. The van der Waals surface area contributed by atoms with Crippen molar-refractivity contribution in [3.8, 4) is 10.6 Å². The fraction of sp³-hybridized carbons (Fsp3) is 0.381. The first-order chi connectivity index (χ1) is 16.1. The van der Waals surface area contributed by atoms with Gasteiger partial charge in [0.2, 0.25) is 5.91 Å². The summed E-state index contributed by atoms with van der Waals surface area (Å²) in [6.45, 7) is 4.39. The molecule has 178 valence electrons. The van der Waals surface area contributed by atoms with Crippen LogP contribution in [0, 0.1) is 6.92 Å². The van der Waals surface area contributed by atoms with Gasteiger partial charge in [-0.25, -0.2) is 14.8 Å². The first-order valence-corrected chi connectivity index (χ1v) is 11.6. The van der Waals surface area contributed by atoms with Crippen molar-refractivity contribution in [3.63, 3.8) is 0 Å². The summed E-state index contributed by atoms with van der Waals surface area (Å²) in [5, 5.41) is 5.61. The number of aromatic nitrogens is 2. The molecule has 2 aliphatic rings. The van der Waals surface area contributed by atoms with Gasteiger partial charge < -0.3 is 15.1 Å². The molecule has 0 bridgehead atoms. The van der Waals surface area contributed by atoms with E-state index in [1.807, 2.05) is 0 Å². The van der Waals surface area contributed by atoms with Crippen molar-refractivity contribution < 1.29 is 19.2 Å². The van der Waals surface area contributed by atoms with Gasteiger partial charge in [0.15, 0.2) is 12.2 Å². The van der Waals surface area contributed by atoms with Crippen LogP contribution in [0.3, 0.4) is 0 Å². The predicted molar refractivity (Wildman–Crippen MR) is 127 cm³/mol. The fourth-order valence-electron chi connectivity index (χ4n) is 3.74. The number of likely N-dealkylation sites (N-methyl/N-ethyl adjacent to an activating group) is 1. The molecule has 0 spiro atoms. The topological polar surface area (TPSA) is 128 Å². The zero-order valence-electron chi connectivity index (χ0n) is 18.9. The average molecular weight is 504 g/mol. The Bertz CT molecular complexity index is 1220. The van der Waals surface area contributed by atoms with E-state index in [1.165, 1.54) is 41.4 Å². The van der Waals surface area contributed by atoms with E-state index in [-0.39, 0.29) is 12.3 Å². The summed E-state index contributed by atoms with van der Waals surface area (Å²) in [6.07, 6.45) is 2.28. The van der Waals surface area contributed by atoms with Gasteiger partial charge >= 0.3 is 6.03 Å². The summed E-state index contributed by atoms with van der Waals surface area (Å²) >= 11 is 7.47. The second kappa shape index (κ2) is 9.11.